The first-order valence-corrected chi connectivity index (χ1v) is 6.14. The molecule has 0 unspecified atom stereocenters. The van der Waals surface area contributed by atoms with Gasteiger partial charge in [-0.2, -0.15) is 0 Å². The third-order valence-electron chi connectivity index (χ3n) is 3.04. The van der Waals surface area contributed by atoms with E-state index >= 15 is 0 Å². The van der Waals surface area contributed by atoms with E-state index in [9.17, 15) is 0 Å². The first-order chi connectivity index (χ1) is 8.02. The zero-order valence-electron chi connectivity index (χ0n) is 11.1. The average Bonchev–Trinajstić information content (AvgIpc) is 2.28. The van der Waals surface area contributed by atoms with Crippen molar-refractivity contribution in [1.29, 1.82) is 5.41 Å². The molecule has 3 N–H and O–H groups in total. The molecule has 0 radical (unpaired) electrons. The van der Waals surface area contributed by atoms with Crippen molar-refractivity contribution in [3.63, 3.8) is 0 Å². The van der Waals surface area contributed by atoms with Crippen LogP contribution in [0, 0.1) is 19.3 Å². The van der Waals surface area contributed by atoms with Crippen molar-refractivity contribution in [1.82, 2.24) is 4.90 Å². The first kappa shape index (κ1) is 13.7. The number of benzene rings is 1. The number of hydrogen-bond acceptors (Lipinski definition) is 2. The van der Waals surface area contributed by atoms with Gasteiger partial charge in [0.15, 0.2) is 0 Å². The molecule has 0 fully saturated rings. The minimum Gasteiger partial charge on any atom is -0.388 e. The summed E-state index contributed by atoms with van der Waals surface area (Å²) in [6.07, 6.45) is 0.651. The normalized spacial score (nSPS) is 10.8. The fraction of sp³-hybridized carbons (Fsp3) is 0.500. The van der Waals surface area contributed by atoms with Crippen molar-refractivity contribution in [2.75, 3.05) is 13.1 Å². The molecule has 3 nitrogen and oxygen atoms in total. The molecule has 0 aliphatic heterocycles. The van der Waals surface area contributed by atoms with E-state index in [4.69, 9.17) is 11.1 Å². The summed E-state index contributed by atoms with van der Waals surface area (Å²) in [5.74, 6) is 0.268. The molecule has 0 amide bonds. The van der Waals surface area contributed by atoms with Crippen LogP contribution >= 0.6 is 0 Å². The zero-order valence-corrected chi connectivity index (χ0v) is 11.1. The predicted molar refractivity (Wildman–Crippen MR) is 73.4 cm³/mol. The lowest BCUT2D eigenvalue weighted by atomic mass is 10.1. The van der Waals surface area contributed by atoms with Gasteiger partial charge in [-0.1, -0.05) is 30.7 Å². The molecule has 0 aromatic heterocycles. The monoisotopic (exact) mass is 233 g/mol. The Hall–Kier alpha value is -1.35. The maximum Gasteiger partial charge on any atom is 0.0918 e. The van der Waals surface area contributed by atoms with Crippen molar-refractivity contribution in [3.8, 4) is 0 Å². The van der Waals surface area contributed by atoms with Crippen molar-refractivity contribution in [3.05, 3.63) is 34.9 Å². The fourth-order valence-corrected chi connectivity index (χ4v) is 1.84. The van der Waals surface area contributed by atoms with E-state index in [-0.39, 0.29) is 5.84 Å². The SMILES string of the molecule is CCN(CCC(=N)N)Cc1cc(C)ccc1C. The molecule has 0 saturated heterocycles. The summed E-state index contributed by atoms with van der Waals surface area (Å²) in [6, 6.07) is 6.56. The Kier molecular flexibility index (Phi) is 5.16. The Morgan fingerprint density at radius 2 is 2.06 bits per heavy atom. The molecule has 3 heteroatoms. The molecule has 0 aliphatic carbocycles. The lowest BCUT2D eigenvalue weighted by Gasteiger charge is -2.21. The van der Waals surface area contributed by atoms with Crippen LogP contribution in [-0.2, 0) is 6.54 Å². The molecule has 0 heterocycles. The summed E-state index contributed by atoms with van der Waals surface area (Å²) in [6.45, 7) is 9.20. The molecular weight excluding hydrogens is 210 g/mol. The molecule has 0 spiro atoms. The standard InChI is InChI=1S/C14H23N3/c1-4-17(8-7-14(15)16)10-13-9-11(2)5-6-12(13)3/h5-6,9H,4,7-8,10H2,1-3H3,(H3,15,16). The van der Waals surface area contributed by atoms with Gasteiger partial charge in [-0.3, -0.25) is 10.3 Å². The summed E-state index contributed by atoms with van der Waals surface area (Å²) < 4.78 is 0. The van der Waals surface area contributed by atoms with Gasteiger partial charge in [0.25, 0.3) is 0 Å². The van der Waals surface area contributed by atoms with Gasteiger partial charge in [-0.05, 0) is 31.5 Å². The number of aryl methyl sites for hydroxylation is 2. The molecular formula is C14H23N3. The van der Waals surface area contributed by atoms with Crippen LogP contribution in [0.15, 0.2) is 18.2 Å². The van der Waals surface area contributed by atoms with Crippen LogP contribution in [0.5, 0.6) is 0 Å². The second-order valence-corrected chi connectivity index (χ2v) is 4.57. The fourth-order valence-electron chi connectivity index (χ4n) is 1.84. The number of nitrogens with two attached hydrogens (primary N) is 1. The van der Waals surface area contributed by atoms with Crippen molar-refractivity contribution >= 4 is 5.84 Å². The van der Waals surface area contributed by atoms with Gasteiger partial charge < -0.3 is 5.73 Å². The van der Waals surface area contributed by atoms with Gasteiger partial charge in [0.05, 0.1) is 5.84 Å². The van der Waals surface area contributed by atoms with Crippen LogP contribution in [0.3, 0.4) is 0 Å². The molecule has 94 valence electrons. The Balaban J connectivity index is 2.66. The number of rotatable bonds is 6. The number of nitrogens with zero attached hydrogens (tertiary/aromatic N) is 1. The highest BCUT2D eigenvalue weighted by atomic mass is 15.1. The summed E-state index contributed by atoms with van der Waals surface area (Å²) in [5.41, 5.74) is 9.40. The molecule has 1 rings (SSSR count). The molecule has 0 bridgehead atoms. The highest BCUT2D eigenvalue weighted by Crippen LogP contribution is 2.13. The van der Waals surface area contributed by atoms with Crippen molar-refractivity contribution in [2.45, 2.75) is 33.7 Å². The van der Waals surface area contributed by atoms with Gasteiger partial charge in [-0.25, -0.2) is 0 Å². The van der Waals surface area contributed by atoms with Crippen LogP contribution in [0.2, 0.25) is 0 Å². The van der Waals surface area contributed by atoms with Gasteiger partial charge in [0.2, 0.25) is 0 Å². The number of hydrogen-bond donors (Lipinski definition) is 2. The van der Waals surface area contributed by atoms with Crippen molar-refractivity contribution in [2.24, 2.45) is 5.73 Å². The molecule has 0 atom stereocenters. The van der Waals surface area contributed by atoms with Crippen LogP contribution < -0.4 is 5.73 Å². The highest BCUT2D eigenvalue weighted by Gasteiger charge is 2.06. The predicted octanol–water partition coefficient (Wildman–Crippen LogP) is 2.45. The van der Waals surface area contributed by atoms with Gasteiger partial charge >= 0.3 is 0 Å². The maximum absolute atomic E-state index is 7.27. The minimum absolute atomic E-state index is 0.268. The van der Waals surface area contributed by atoms with Crippen molar-refractivity contribution < 1.29 is 0 Å². The summed E-state index contributed by atoms with van der Waals surface area (Å²) in [5, 5.41) is 7.27. The Bertz CT molecular complexity index is 385. The molecule has 1 aromatic rings. The summed E-state index contributed by atoms with van der Waals surface area (Å²) in [7, 11) is 0. The Labute approximate surface area is 104 Å². The lowest BCUT2D eigenvalue weighted by molar-refractivity contribution is 0.287. The third-order valence-corrected chi connectivity index (χ3v) is 3.04. The summed E-state index contributed by atoms with van der Waals surface area (Å²) in [4.78, 5) is 2.32. The lowest BCUT2D eigenvalue weighted by Crippen LogP contribution is -2.27. The quantitative estimate of drug-likeness (QED) is 0.586. The molecule has 0 aliphatic rings. The second kappa shape index (κ2) is 6.40. The van der Waals surface area contributed by atoms with E-state index in [1.165, 1.54) is 16.7 Å². The van der Waals surface area contributed by atoms with Gasteiger partial charge in [0.1, 0.15) is 0 Å². The average molecular weight is 233 g/mol. The van der Waals surface area contributed by atoms with E-state index in [1.54, 1.807) is 0 Å². The smallest absolute Gasteiger partial charge is 0.0918 e. The number of nitrogens with one attached hydrogen (secondary N) is 1. The van der Waals surface area contributed by atoms with E-state index in [1.807, 2.05) is 0 Å². The van der Waals surface area contributed by atoms with Gasteiger partial charge in [-0.15, -0.1) is 0 Å². The number of amidine groups is 1. The van der Waals surface area contributed by atoms with E-state index < -0.39 is 0 Å². The molecule has 1 aromatic carbocycles. The largest absolute Gasteiger partial charge is 0.388 e. The Morgan fingerprint density at radius 3 is 2.65 bits per heavy atom. The van der Waals surface area contributed by atoms with E-state index in [0.717, 1.165) is 19.6 Å². The van der Waals surface area contributed by atoms with Crippen LogP contribution in [-0.4, -0.2) is 23.8 Å². The maximum atomic E-state index is 7.27. The minimum atomic E-state index is 0.268. The van der Waals surface area contributed by atoms with E-state index in [0.29, 0.717) is 6.42 Å². The Morgan fingerprint density at radius 1 is 1.35 bits per heavy atom. The van der Waals surface area contributed by atoms with Crippen LogP contribution in [0.4, 0.5) is 0 Å². The van der Waals surface area contributed by atoms with E-state index in [2.05, 4.69) is 43.9 Å². The topological polar surface area (TPSA) is 53.1 Å². The zero-order chi connectivity index (χ0) is 12.8. The van der Waals surface area contributed by atoms with Crippen LogP contribution in [0.25, 0.3) is 0 Å². The second-order valence-electron chi connectivity index (χ2n) is 4.57. The van der Waals surface area contributed by atoms with Gasteiger partial charge in [0, 0.05) is 19.5 Å². The summed E-state index contributed by atoms with van der Waals surface area (Å²) >= 11 is 0. The molecule has 0 saturated carbocycles. The molecule has 17 heavy (non-hydrogen) atoms. The highest BCUT2D eigenvalue weighted by molar-refractivity contribution is 5.76. The first-order valence-electron chi connectivity index (χ1n) is 6.14. The van der Waals surface area contributed by atoms with Crippen LogP contribution in [0.1, 0.15) is 30.0 Å². The third kappa shape index (κ3) is 4.57.